The molecule has 0 bridgehead atoms. The van der Waals surface area contributed by atoms with Gasteiger partial charge in [0.1, 0.15) is 30.4 Å². The van der Waals surface area contributed by atoms with Gasteiger partial charge in [0.05, 0.1) is 18.3 Å². The van der Waals surface area contributed by atoms with Gasteiger partial charge in [0.25, 0.3) is 0 Å². The van der Waals surface area contributed by atoms with E-state index in [-0.39, 0.29) is 11.9 Å². The van der Waals surface area contributed by atoms with Gasteiger partial charge in [0, 0.05) is 31.4 Å². The van der Waals surface area contributed by atoms with Crippen LogP contribution in [-0.2, 0) is 16.1 Å². The number of likely N-dealkylation sites (tertiary alicyclic amines) is 1. The lowest BCUT2D eigenvalue weighted by atomic mass is 9.97. The lowest BCUT2D eigenvalue weighted by molar-refractivity contribution is -0.122. The molecule has 2 amide bonds. The number of fused-ring (bicyclic) bond motifs is 2. The van der Waals surface area contributed by atoms with Crippen LogP contribution in [0.25, 0.3) is 11.0 Å². The number of hydrogen-bond acceptors (Lipinski definition) is 9. The number of aromatic nitrogens is 2. The molecule has 0 aliphatic carbocycles. The van der Waals surface area contributed by atoms with Crippen LogP contribution in [-0.4, -0.2) is 71.4 Å². The summed E-state index contributed by atoms with van der Waals surface area (Å²) in [4.78, 5) is 37.2. The number of rotatable bonds is 6. The van der Waals surface area contributed by atoms with Gasteiger partial charge >= 0.3 is 6.09 Å². The van der Waals surface area contributed by atoms with Crippen molar-refractivity contribution in [1.29, 1.82) is 0 Å². The van der Waals surface area contributed by atoms with Crippen molar-refractivity contribution in [3.63, 3.8) is 0 Å². The summed E-state index contributed by atoms with van der Waals surface area (Å²) in [6.45, 7) is 7.40. The van der Waals surface area contributed by atoms with Crippen molar-refractivity contribution in [2.75, 3.05) is 32.2 Å². The molecule has 2 aliphatic heterocycles. The number of benzene rings is 1. The van der Waals surface area contributed by atoms with Crippen LogP contribution in [0.1, 0.15) is 39.2 Å². The first-order chi connectivity index (χ1) is 19.2. The number of pyridine rings is 2. The summed E-state index contributed by atoms with van der Waals surface area (Å²) in [5, 5.41) is 6.49. The highest BCUT2D eigenvalue weighted by Crippen LogP contribution is 2.31. The van der Waals surface area contributed by atoms with E-state index in [0.717, 1.165) is 17.1 Å². The van der Waals surface area contributed by atoms with E-state index >= 15 is 0 Å². The van der Waals surface area contributed by atoms with E-state index < -0.39 is 17.7 Å². The van der Waals surface area contributed by atoms with Crippen LogP contribution in [0, 0.1) is 0 Å². The Morgan fingerprint density at radius 2 is 1.88 bits per heavy atom. The number of ether oxygens (including phenoxy) is 4. The quantitative estimate of drug-likeness (QED) is 0.471. The first-order valence-corrected chi connectivity index (χ1v) is 13.4. The summed E-state index contributed by atoms with van der Waals surface area (Å²) in [6.07, 6.45) is 2.24. The molecule has 2 N–H and O–H groups in total. The van der Waals surface area contributed by atoms with E-state index in [1.165, 1.54) is 12.0 Å². The molecule has 2 atom stereocenters. The number of nitrogens with one attached hydrogen (secondary N) is 2. The fourth-order valence-electron chi connectivity index (χ4n) is 4.83. The van der Waals surface area contributed by atoms with Crippen LogP contribution in [0.2, 0.25) is 0 Å². The van der Waals surface area contributed by atoms with Crippen LogP contribution >= 0.6 is 0 Å². The molecule has 1 saturated heterocycles. The van der Waals surface area contributed by atoms with Gasteiger partial charge in [-0.2, -0.15) is 0 Å². The Morgan fingerprint density at radius 1 is 1.07 bits per heavy atom. The van der Waals surface area contributed by atoms with Crippen molar-refractivity contribution in [3.05, 3.63) is 48.2 Å². The Morgan fingerprint density at radius 3 is 2.65 bits per heavy atom. The zero-order valence-corrected chi connectivity index (χ0v) is 23.2. The number of piperidine rings is 1. The molecule has 1 aromatic carbocycles. The fraction of sp³-hybridized carbons (Fsp3) is 0.448. The maximum absolute atomic E-state index is 13.6. The van der Waals surface area contributed by atoms with Crippen molar-refractivity contribution >= 4 is 28.7 Å². The number of anilines is 1. The van der Waals surface area contributed by atoms with Crippen LogP contribution < -0.4 is 24.8 Å². The molecule has 4 heterocycles. The topological polar surface area (TPSA) is 124 Å². The molecule has 0 radical (unpaired) electrons. The number of hydrogen-bond donors (Lipinski definition) is 2. The van der Waals surface area contributed by atoms with Crippen molar-refractivity contribution in [3.8, 4) is 17.4 Å². The average Bonchev–Trinajstić information content (AvgIpc) is 2.94. The lowest BCUT2D eigenvalue weighted by Gasteiger charge is -2.39. The third-order valence-electron chi connectivity index (χ3n) is 6.74. The number of amides is 2. The summed E-state index contributed by atoms with van der Waals surface area (Å²) < 4.78 is 22.2. The minimum absolute atomic E-state index is 0.0301. The van der Waals surface area contributed by atoms with Gasteiger partial charge in [0.2, 0.25) is 11.8 Å². The van der Waals surface area contributed by atoms with Crippen molar-refractivity contribution in [2.24, 2.45) is 0 Å². The van der Waals surface area contributed by atoms with Gasteiger partial charge in [0.15, 0.2) is 11.5 Å². The molecule has 0 unspecified atom stereocenters. The first-order valence-electron chi connectivity index (χ1n) is 13.4. The molecule has 40 heavy (non-hydrogen) atoms. The molecule has 212 valence electrons. The standard InChI is InChI=1S/C29H35N5O6/c1-29(2,3)40-28(36)34-17-19(31-16-18-5-9-23-24(15-18)39-14-13-38-23)6-8-22(34)27(35)32-21-11-12-30-20-7-10-25(37-4)33-26(20)21/h5,7,9-12,15,19,22,31H,6,8,13-14,16-17H2,1-4H3,(H,30,32,35)/t19-,22+/m0/s1. The summed E-state index contributed by atoms with van der Waals surface area (Å²) in [5.74, 6) is 1.58. The Kier molecular flexibility index (Phi) is 7.92. The minimum atomic E-state index is -0.712. The largest absolute Gasteiger partial charge is 0.486 e. The van der Waals surface area contributed by atoms with E-state index in [4.69, 9.17) is 18.9 Å². The molecule has 1 fully saturated rings. The smallest absolute Gasteiger partial charge is 0.411 e. The third kappa shape index (κ3) is 6.36. The maximum atomic E-state index is 13.6. The van der Waals surface area contributed by atoms with Crippen molar-refractivity contribution in [2.45, 2.75) is 57.8 Å². The minimum Gasteiger partial charge on any atom is -0.486 e. The normalized spacial score (nSPS) is 18.8. The second-order valence-electron chi connectivity index (χ2n) is 10.9. The highest BCUT2D eigenvalue weighted by Gasteiger charge is 2.38. The third-order valence-corrected chi connectivity index (χ3v) is 6.74. The Hall–Kier alpha value is -4.12. The molecule has 3 aromatic rings. The zero-order chi connectivity index (χ0) is 28.3. The lowest BCUT2D eigenvalue weighted by Crippen LogP contribution is -2.57. The average molecular weight is 550 g/mol. The number of carbonyl (C=O) groups is 2. The second-order valence-corrected chi connectivity index (χ2v) is 10.9. The highest BCUT2D eigenvalue weighted by molar-refractivity contribution is 6.02. The van der Waals surface area contributed by atoms with Crippen molar-refractivity contribution in [1.82, 2.24) is 20.2 Å². The molecule has 2 aromatic heterocycles. The molecular formula is C29H35N5O6. The van der Waals surface area contributed by atoms with E-state index in [2.05, 4.69) is 20.6 Å². The Balaban J connectivity index is 1.30. The SMILES string of the molecule is COc1ccc2nccc(NC(=O)[C@H]3CC[C@H](NCc4ccc5c(c4)OCCO5)CN3C(=O)OC(C)(C)C)c2n1. The Bertz CT molecular complexity index is 1390. The van der Waals surface area contributed by atoms with Gasteiger partial charge < -0.3 is 29.6 Å². The monoisotopic (exact) mass is 549 g/mol. The van der Waals surface area contributed by atoms with Crippen LogP contribution in [0.15, 0.2) is 42.6 Å². The van der Waals surface area contributed by atoms with Gasteiger partial charge in [-0.15, -0.1) is 0 Å². The molecule has 5 rings (SSSR count). The van der Waals surface area contributed by atoms with Gasteiger partial charge in [-0.05, 0) is 63.4 Å². The maximum Gasteiger partial charge on any atom is 0.411 e. The van der Waals surface area contributed by atoms with Crippen LogP contribution in [0.3, 0.4) is 0 Å². The highest BCUT2D eigenvalue weighted by atomic mass is 16.6. The summed E-state index contributed by atoms with van der Waals surface area (Å²) in [5.41, 5.74) is 1.96. The molecule has 2 aliphatic rings. The Labute approximate surface area is 233 Å². The van der Waals surface area contributed by atoms with Crippen LogP contribution in [0.4, 0.5) is 10.5 Å². The van der Waals surface area contributed by atoms with Gasteiger partial charge in [-0.25, -0.2) is 9.78 Å². The second kappa shape index (κ2) is 11.5. The number of methoxy groups -OCH3 is 1. The van der Waals surface area contributed by atoms with Crippen molar-refractivity contribution < 1.29 is 28.5 Å². The molecule has 11 nitrogen and oxygen atoms in total. The van der Waals surface area contributed by atoms with E-state index in [9.17, 15) is 9.59 Å². The summed E-state index contributed by atoms with van der Waals surface area (Å²) in [7, 11) is 1.53. The molecule has 0 spiro atoms. The fourth-order valence-corrected chi connectivity index (χ4v) is 4.83. The molecule has 0 saturated carbocycles. The number of carbonyl (C=O) groups excluding carboxylic acids is 2. The van der Waals surface area contributed by atoms with Crippen LogP contribution in [0.5, 0.6) is 17.4 Å². The predicted octanol–water partition coefficient (Wildman–Crippen LogP) is 3.91. The van der Waals surface area contributed by atoms with Gasteiger partial charge in [-0.3, -0.25) is 14.7 Å². The number of nitrogens with zero attached hydrogens (tertiary/aromatic N) is 3. The molecule has 11 heteroatoms. The summed E-state index contributed by atoms with van der Waals surface area (Å²) >= 11 is 0. The van der Waals surface area contributed by atoms with E-state index in [0.29, 0.717) is 61.7 Å². The summed E-state index contributed by atoms with van der Waals surface area (Å²) in [6, 6.07) is 10.3. The predicted molar refractivity (Wildman–Crippen MR) is 149 cm³/mol. The zero-order valence-electron chi connectivity index (χ0n) is 23.2. The first kappa shape index (κ1) is 27.4. The molecular weight excluding hydrogens is 514 g/mol. The van der Waals surface area contributed by atoms with E-state index in [1.807, 2.05) is 39.0 Å². The van der Waals surface area contributed by atoms with E-state index in [1.54, 1.807) is 24.4 Å². The van der Waals surface area contributed by atoms with Gasteiger partial charge in [-0.1, -0.05) is 6.07 Å².